The van der Waals surface area contributed by atoms with E-state index in [1.165, 1.54) is 12.3 Å². The van der Waals surface area contributed by atoms with Crippen molar-refractivity contribution in [2.45, 2.75) is 12.1 Å². The van der Waals surface area contributed by atoms with Crippen molar-refractivity contribution in [3.8, 4) is 5.75 Å². The van der Waals surface area contributed by atoms with Crippen molar-refractivity contribution in [1.29, 1.82) is 0 Å². The van der Waals surface area contributed by atoms with Gasteiger partial charge in [-0.25, -0.2) is 0 Å². The van der Waals surface area contributed by atoms with Gasteiger partial charge in [0, 0.05) is 24.8 Å². The molecule has 3 aromatic rings. The molecule has 3 aromatic carbocycles. The first kappa shape index (κ1) is 25.6. The Balaban J connectivity index is 0.00000177. The van der Waals surface area contributed by atoms with Gasteiger partial charge in [0.2, 0.25) is 0 Å². The van der Waals surface area contributed by atoms with Crippen molar-refractivity contribution in [2.75, 3.05) is 7.11 Å². The molecule has 0 unspecified atom stereocenters. The van der Waals surface area contributed by atoms with Gasteiger partial charge < -0.3 is 20.8 Å². The molecule has 0 N–H and O–H groups in total. The molecule has 1 radical (unpaired) electrons. The van der Waals surface area contributed by atoms with Crippen LogP contribution in [0.15, 0.2) is 89.9 Å². The Hall–Kier alpha value is -2.41. The summed E-state index contributed by atoms with van der Waals surface area (Å²) in [6, 6.07) is 24.7. The number of aliphatic imine (C=N–C) groups is 1. The van der Waals surface area contributed by atoms with E-state index in [0.29, 0.717) is 11.1 Å². The van der Waals surface area contributed by atoms with Crippen molar-refractivity contribution in [2.24, 2.45) is 4.99 Å². The summed E-state index contributed by atoms with van der Waals surface area (Å²) in [7, 11) is 0.750. The Morgan fingerprint density at radius 2 is 1.21 bits per heavy atom. The SMILES string of the molecule is C[O-].[O-2].[O-]c1ccccc1C=N[C@H](c1ccccc1)[C@@H]([O-])c1ccccc1.[V]. The maximum Gasteiger partial charge on any atom is 0.0665 e. The normalized spacial score (nSPS) is 12.0. The first-order valence-corrected chi connectivity index (χ1v) is 8.21. The second-order valence-corrected chi connectivity index (χ2v) is 5.50. The molecule has 0 heterocycles. The molecule has 0 bridgehead atoms. The first-order chi connectivity index (χ1) is 12.8. The fraction of sp³-hybridized carbons (Fsp3) is 0.136. The van der Waals surface area contributed by atoms with E-state index in [2.05, 4.69) is 4.99 Å². The van der Waals surface area contributed by atoms with Crippen molar-refractivity contribution in [1.82, 2.24) is 0 Å². The van der Waals surface area contributed by atoms with E-state index in [1.807, 2.05) is 60.7 Å². The number of nitrogens with zero attached hydrogens (tertiary/aromatic N) is 1. The van der Waals surface area contributed by atoms with Crippen LogP contribution >= 0.6 is 0 Å². The van der Waals surface area contributed by atoms with Gasteiger partial charge in [0.05, 0.1) is 6.04 Å². The Morgan fingerprint density at radius 1 is 0.750 bits per heavy atom. The number of hydrogen-bond acceptors (Lipinski definition) is 4. The minimum atomic E-state index is -1.04. The van der Waals surface area contributed by atoms with Gasteiger partial charge in [-0.2, -0.15) is 7.11 Å². The van der Waals surface area contributed by atoms with E-state index in [-0.39, 0.29) is 29.8 Å². The van der Waals surface area contributed by atoms with Crippen LogP contribution in [-0.2, 0) is 24.0 Å². The van der Waals surface area contributed by atoms with Crippen molar-refractivity contribution in [3.05, 3.63) is 102 Å². The summed E-state index contributed by atoms with van der Waals surface area (Å²) in [6.45, 7) is 0. The van der Waals surface area contributed by atoms with Crippen LogP contribution in [0.4, 0.5) is 0 Å². The van der Waals surface area contributed by atoms with Crippen molar-refractivity contribution >= 4 is 6.21 Å². The summed E-state index contributed by atoms with van der Waals surface area (Å²) < 4.78 is 0. The molecule has 147 valence electrons. The average Bonchev–Trinajstić information content (AvgIpc) is 2.72. The molecule has 6 heteroatoms. The van der Waals surface area contributed by atoms with E-state index in [4.69, 9.17) is 5.11 Å². The van der Waals surface area contributed by atoms with Gasteiger partial charge in [-0.1, -0.05) is 96.6 Å². The fourth-order valence-electron chi connectivity index (χ4n) is 2.56. The molecular formula is C22H20NO4V-5. The van der Waals surface area contributed by atoms with E-state index >= 15 is 0 Å². The first-order valence-electron chi connectivity index (χ1n) is 8.21. The number of rotatable bonds is 5. The molecular weight excluding hydrogens is 393 g/mol. The number of hydrogen-bond donors (Lipinski definition) is 0. The minimum absolute atomic E-state index is 0. The zero-order chi connectivity index (χ0) is 18.8. The van der Waals surface area contributed by atoms with E-state index in [9.17, 15) is 10.2 Å². The molecule has 0 saturated carbocycles. The van der Waals surface area contributed by atoms with Crippen LogP contribution in [0.5, 0.6) is 5.75 Å². The second-order valence-electron chi connectivity index (χ2n) is 5.50. The van der Waals surface area contributed by atoms with Gasteiger partial charge >= 0.3 is 0 Å². The molecule has 0 saturated heterocycles. The molecule has 0 spiro atoms. The molecule has 0 aliphatic heterocycles. The summed E-state index contributed by atoms with van der Waals surface area (Å²) in [5, 5.41) is 33.0. The van der Waals surface area contributed by atoms with Crippen LogP contribution in [0, 0.1) is 0 Å². The van der Waals surface area contributed by atoms with Gasteiger partial charge in [0.1, 0.15) is 0 Å². The Bertz CT molecular complexity index is 813. The molecule has 28 heavy (non-hydrogen) atoms. The summed E-state index contributed by atoms with van der Waals surface area (Å²) >= 11 is 0. The van der Waals surface area contributed by atoms with Crippen molar-refractivity contribution in [3.63, 3.8) is 0 Å². The van der Waals surface area contributed by atoms with Crippen LogP contribution in [0.1, 0.15) is 28.8 Å². The Kier molecular flexibility index (Phi) is 12.5. The third-order valence-corrected chi connectivity index (χ3v) is 3.85. The summed E-state index contributed by atoms with van der Waals surface area (Å²) in [4.78, 5) is 4.46. The number of benzene rings is 3. The van der Waals surface area contributed by atoms with E-state index in [0.717, 1.165) is 12.7 Å². The molecule has 0 fully saturated rings. The van der Waals surface area contributed by atoms with Crippen LogP contribution in [-0.4, -0.2) is 13.3 Å². The van der Waals surface area contributed by atoms with Gasteiger partial charge in [-0.15, -0.1) is 5.75 Å². The average molecular weight is 413 g/mol. The predicted octanol–water partition coefficient (Wildman–Crippen LogP) is 1.88. The van der Waals surface area contributed by atoms with Crippen LogP contribution in [0.2, 0.25) is 0 Å². The molecule has 3 rings (SSSR count). The largest absolute Gasteiger partial charge is 2.00 e. The van der Waals surface area contributed by atoms with Gasteiger partial charge in [0.25, 0.3) is 0 Å². The topological polar surface area (TPSA) is 110 Å². The predicted molar refractivity (Wildman–Crippen MR) is 98.5 cm³/mol. The Morgan fingerprint density at radius 3 is 1.75 bits per heavy atom. The maximum atomic E-state index is 12.9. The maximum absolute atomic E-state index is 12.9. The minimum Gasteiger partial charge on any atom is -2.00 e. The fourth-order valence-corrected chi connectivity index (χ4v) is 2.56. The van der Waals surface area contributed by atoms with Gasteiger partial charge in [-0.3, -0.25) is 4.99 Å². The van der Waals surface area contributed by atoms with Crippen LogP contribution in [0.25, 0.3) is 0 Å². The van der Waals surface area contributed by atoms with Crippen LogP contribution < -0.4 is 15.3 Å². The summed E-state index contributed by atoms with van der Waals surface area (Å²) in [5.41, 5.74) is 2.00. The van der Waals surface area contributed by atoms with E-state index in [1.54, 1.807) is 18.2 Å². The number of para-hydroxylation sites is 1. The molecule has 5 nitrogen and oxygen atoms in total. The second kappa shape index (κ2) is 13.7. The Labute approximate surface area is 177 Å². The van der Waals surface area contributed by atoms with Gasteiger partial charge in [0.15, 0.2) is 0 Å². The van der Waals surface area contributed by atoms with Crippen LogP contribution in [0.3, 0.4) is 0 Å². The van der Waals surface area contributed by atoms with E-state index < -0.39 is 12.1 Å². The molecule has 0 amide bonds. The third kappa shape index (κ3) is 6.96. The quantitative estimate of drug-likeness (QED) is 0.596. The third-order valence-electron chi connectivity index (χ3n) is 3.85. The summed E-state index contributed by atoms with van der Waals surface area (Å²) in [6.07, 6.45) is 0.470. The van der Waals surface area contributed by atoms with Gasteiger partial charge in [-0.05, 0) is 11.1 Å². The molecule has 2 atom stereocenters. The zero-order valence-electron chi connectivity index (χ0n) is 15.3. The summed E-state index contributed by atoms with van der Waals surface area (Å²) in [5.74, 6) is -0.102. The molecule has 0 aliphatic carbocycles. The van der Waals surface area contributed by atoms with Crippen molar-refractivity contribution < 1.29 is 39.4 Å². The molecule has 0 aliphatic rings. The zero-order valence-corrected chi connectivity index (χ0v) is 16.7. The standard InChI is InChI=1S/C21H18NO2.CH3O.O.V/c23-19-14-8-7-13-18(19)15-22-20(16-9-3-1-4-10-16)21(24)17-11-5-2-6-12-17;1-2;;/h1-15,20-21,23H;1H3;;/q2*-1;-2;/p-1/t20-,21+;;;/m1.../s1. The smallest absolute Gasteiger partial charge is 0.0665 e. The molecule has 0 aromatic heterocycles. The monoisotopic (exact) mass is 413 g/mol.